The zero-order chi connectivity index (χ0) is 25.8. The lowest BCUT2D eigenvalue weighted by atomic mass is 9.99. The second-order valence-electron chi connectivity index (χ2n) is 7.75. The van der Waals surface area contributed by atoms with Gasteiger partial charge in [0.1, 0.15) is 28.2 Å². The lowest BCUT2D eigenvalue weighted by molar-refractivity contribution is -0.117. The van der Waals surface area contributed by atoms with Crippen LogP contribution in [0.2, 0.25) is 0 Å². The van der Waals surface area contributed by atoms with Crippen LogP contribution in [0.15, 0.2) is 35.4 Å². The first-order chi connectivity index (χ1) is 16.6. The van der Waals surface area contributed by atoms with E-state index in [0.717, 1.165) is 11.8 Å². The van der Waals surface area contributed by atoms with E-state index in [4.69, 9.17) is 11.5 Å². The molecule has 2 amide bonds. The molecule has 1 aliphatic heterocycles. The number of anilines is 1. The van der Waals surface area contributed by atoms with Crippen LogP contribution in [0.1, 0.15) is 40.8 Å². The van der Waals surface area contributed by atoms with Crippen LogP contribution in [0.25, 0.3) is 0 Å². The monoisotopic (exact) mass is 500 g/mol. The maximum atomic E-state index is 14.8. The van der Waals surface area contributed by atoms with Gasteiger partial charge in [-0.25, -0.2) is 18.6 Å². The summed E-state index contributed by atoms with van der Waals surface area (Å²) in [5.74, 6) is -4.18. The van der Waals surface area contributed by atoms with Crippen LogP contribution in [0.3, 0.4) is 0 Å². The summed E-state index contributed by atoms with van der Waals surface area (Å²) >= 11 is 0.919. The first-order valence-electron chi connectivity index (χ1n) is 10.6. The fraction of sp³-hybridized carbons (Fsp3) is 0.348. The van der Waals surface area contributed by atoms with Crippen molar-refractivity contribution < 1.29 is 23.1 Å². The molecule has 2 atom stereocenters. The van der Waals surface area contributed by atoms with Gasteiger partial charge in [0, 0.05) is 13.0 Å². The van der Waals surface area contributed by atoms with E-state index >= 15 is 0 Å². The molecule has 1 aliphatic rings. The van der Waals surface area contributed by atoms with E-state index in [1.54, 1.807) is 37.3 Å². The number of carbonyl (C=O) groups excluding carboxylic acids is 2. The van der Waals surface area contributed by atoms with E-state index in [2.05, 4.69) is 9.72 Å². The number of benzene rings is 1. The lowest BCUT2D eigenvalue weighted by Crippen LogP contribution is -2.54. The molecular weight excluding hydrogens is 478 g/mol. The maximum absolute atomic E-state index is 14.8. The summed E-state index contributed by atoms with van der Waals surface area (Å²) in [6.07, 6.45) is -3.01. The van der Waals surface area contributed by atoms with E-state index in [1.165, 1.54) is 4.90 Å². The molecule has 182 valence electrons. The van der Waals surface area contributed by atoms with Crippen LogP contribution < -0.4 is 16.4 Å². The smallest absolute Gasteiger partial charge is 0.404 e. The van der Waals surface area contributed by atoms with Gasteiger partial charge in [0.25, 0.3) is 0 Å². The molecule has 9 nitrogen and oxygen atoms in total. The molecule has 0 spiro atoms. The predicted molar refractivity (Wildman–Crippen MR) is 124 cm³/mol. The number of nitrogens with zero attached hydrogens (tertiary/aromatic N) is 4. The third kappa shape index (κ3) is 5.44. The summed E-state index contributed by atoms with van der Waals surface area (Å²) in [5, 5.41) is 18.9. The van der Waals surface area contributed by atoms with Crippen molar-refractivity contribution in [3.63, 3.8) is 0 Å². The fourth-order valence-corrected chi connectivity index (χ4v) is 4.97. The second-order valence-corrected chi connectivity index (χ2v) is 8.85. The topological polar surface area (TPSA) is 159 Å². The highest BCUT2D eigenvalue weighted by molar-refractivity contribution is 8.00. The van der Waals surface area contributed by atoms with Gasteiger partial charge in [-0.2, -0.15) is 10.5 Å². The number of primary amides is 2. The highest BCUT2D eigenvalue weighted by Gasteiger charge is 2.48. The second kappa shape index (κ2) is 10.6. The molecule has 0 bridgehead atoms. The van der Waals surface area contributed by atoms with E-state index in [9.17, 15) is 28.9 Å². The van der Waals surface area contributed by atoms with Crippen molar-refractivity contribution in [1.29, 1.82) is 10.5 Å². The van der Waals surface area contributed by atoms with Gasteiger partial charge >= 0.3 is 12.0 Å². The normalized spacial score (nSPS) is 17.6. The number of ether oxygens (including phenoxy) is 1. The third-order valence-electron chi connectivity index (χ3n) is 5.51. The molecule has 1 aromatic carbocycles. The van der Waals surface area contributed by atoms with Gasteiger partial charge in [0.05, 0.1) is 17.7 Å². The van der Waals surface area contributed by atoms with Crippen LogP contribution >= 0.6 is 11.8 Å². The van der Waals surface area contributed by atoms with Crippen molar-refractivity contribution in [3.8, 4) is 12.1 Å². The minimum absolute atomic E-state index is 0.00574. The van der Waals surface area contributed by atoms with E-state index < -0.39 is 35.8 Å². The van der Waals surface area contributed by atoms with Gasteiger partial charge < -0.3 is 21.1 Å². The summed E-state index contributed by atoms with van der Waals surface area (Å²) in [5.41, 5.74) is 11.5. The average molecular weight is 501 g/mol. The quantitative estimate of drug-likeness (QED) is 0.549. The molecule has 1 aromatic heterocycles. The summed E-state index contributed by atoms with van der Waals surface area (Å²) < 4.78 is 34.1. The highest BCUT2D eigenvalue weighted by Crippen LogP contribution is 2.41. The zero-order valence-corrected chi connectivity index (χ0v) is 19.5. The number of carbonyl (C=O) groups is 2. The lowest BCUT2D eigenvalue weighted by Gasteiger charge is -2.38. The maximum Gasteiger partial charge on any atom is 0.404 e. The Morgan fingerprint density at radius 1 is 1.26 bits per heavy atom. The molecule has 2 heterocycles. The molecule has 1 saturated heterocycles. The number of hydrogen-bond acceptors (Lipinski definition) is 8. The first kappa shape index (κ1) is 25.7. The summed E-state index contributed by atoms with van der Waals surface area (Å²) in [6, 6.07) is 12.6. The minimum atomic E-state index is -3.46. The predicted octanol–water partition coefficient (Wildman–Crippen LogP) is 3.02. The Morgan fingerprint density at radius 3 is 2.43 bits per heavy atom. The number of nitriles is 2. The summed E-state index contributed by atoms with van der Waals surface area (Å²) in [6.45, 7) is 0.829. The van der Waals surface area contributed by atoms with Gasteiger partial charge in [-0.1, -0.05) is 49.0 Å². The van der Waals surface area contributed by atoms with Crippen LogP contribution in [-0.4, -0.2) is 42.1 Å². The van der Waals surface area contributed by atoms with Crippen molar-refractivity contribution in [1.82, 2.24) is 4.98 Å². The Bertz CT molecular complexity index is 1210. The molecule has 0 saturated carbocycles. The molecule has 4 N–H and O–H groups in total. The number of aromatic nitrogens is 1. The first-order valence-corrected chi connectivity index (χ1v) is 11.5. The highest BCUT2D eigenvalue weighted by atomic mass is 32.2. The Labute approximate surface area is 204 Å². The molecule has 12 heteroatoms. The molecule has 35 heavy (non-hydrogen) atoms. The van der Waals surface area contributed by atoms with Crippen molar-refractivity contribution in [2.75, 3.05) is 18.0 Å². The van der Waals surface area contributed by atoms with Crippen molar-refractivity contribution >= 4 is 29.6 Å². The standard InChI is InChI=1S/C23H22F2N6O3S/c1-2-14-15(10-26)20(31-9-8-17(34-22(29)33)23(24,25)12-31)30-21(16(14)11-27)35-18(19(28)32)13-6-4-3-5-7-13/h3-7,17-18H,2,8-9,12H2,1H3,(H2,28,32)(H2,29,33). The van der Waals surface area contributed by atoms with E-state index in [-0.39, 0.29) is 41.4 Å². The number of pyridine rings is 1. The van der Waals surface area contributed by atoms with E-state index in [0.29, 0.717) is 11.1 Å². The van der Waals surface area contributed by atoms with Gasteiger partial charge in [0.2, 0.25) is 5.91 Å². The molecule has 0 aliphatic carbocycles. The molecule has 0 radical (unpaired) electrons. The minimum Gasteiger partial charge on any atom is -0.440 e. The molecule has 2 unspecified atom stereocenters. The molecule has 1 fully saturated rings. The van der Waals surface area contributed by atoms with Gasteiger partial charge in [0.15, 0.2) is 6.10 Å². The summed E-state index contributed by atoms with van der Waals surface area (Å²) in [7, 11) is 0. The molecular formula is C23H22F2N6O3S. The summed E-state index contributed by atoms with van der Waals surface area (Å²) in [4.78, 5) is 28.9. The van der Waals surface area contributed by atoms with Gasteiger partial charge in [-0.3, -0.25) is 4.79 Å². The average Bonchev–Trinajstić information content (AvgIpc) is 2.82. The molecule has 2 aromatic rings. The van der Waals surface area contributed by atoms with Crippen LogP contribution in [0.4, 0.5) is 19.4 Å². The van der Waals surface area contributed by atoms with Gasteiger partial charge in [-0.15, -0.1) is 0 Å². The molecule has 3 rings (SSSR count). The largest absolute Gasteiger partial charge is 0.440 e. The van der Waals surface area contributed by atoms with E-state index in [1.807, 2.05) is 12.1 Å². The number of amides is 2. The Hall–Kier alpha value is -3.90. The Balaban J connectivity index is 2.09. The number of piperidine rings is 1. The Morgan fingerprint density at radius 2 is 1.91 bits per heavy atom. The number of rotatable bonds is 7. The van der Waals surface area contributed by atoms with Gasteiger partial charge in [-0.05, 0) is 17.5 Å². The number of nitrogens with two attached hydrogens (primary N) is 2. The van der Waals surface area contributed by atoms with Crippen LogP contribution in [-0.2, 0) is 16.0 Å². The number of thioether (sulfide) groups is 1. The van der Waals surface area contributed by atoms with Crippen LogP contribution in [0.5, 0.6) is 0 Å². The number of halogens is 2. The Kier molecular flexibility index (Phi) is 7.77. The number of hydrogen-bond donors (Lipinski definition) is 2. The van der Waals surface area contributed by atoms with Crippen molar-refractivity contribution in [3.05, 3.63) is 52.6 Å². The van der Waals surface area contributed by atoms with Crippen molar-refractivity contribution in [2.24, 2.45) is 11.5 Å². The number of alkyl halides is 2. The van der Waals surface area contributed by atoms with Crippen molar-refractivity contribution in [2.45, 2.75) is 42.1 Å². The zero-order valence-electron chi connectivity index (χ0n) is 18.7. The SMILES string of the molecule is CCc1c(C#N)c(SC(C(N)=O)c2ccccc2)nc(N2CCC(OC(N)=O)C(F)(F)C2)c1C#N. The third-order valence-corrected chi connectivity index (χ3v) is 6.77. The fourth-order valence-electron chi connectivity index (χ4n) is 3.91. The van der Waals surface area contributed by atoms with Crippen LogP contribution in [0, 0.1) is 22.7 Å².